The molecule has 3 fully saturated rings. The number of nitrogens with zero attached hydrogens (tertiary/aromatic N) is 1. The van der Waals surface area contributed by atoms with Gasteiger partial charge in [-0.3, -0.25) is 4.79 Å². The van der Waals surface area contributed by atoms with Crippen LogP contribution in [0.25, 0.3) is 6.08 Å². The molecule has 0 amide bonds. The molecular formula is C33H47NO4. The second-order valence-corrected chi connectivity index (χ2v) is 12.6. The van der Waals surface area contributed by atoms with Gasteiger partial charge in [-0.05, 0) is 111 Å². The van der Waals surface area contributed by atoms with Crippen LogP contribution < -0.4 is 9.47 Å². The zero-order valence-electron chi connectivity index (χ0n) is 24.1. The molecule has 208 valence electrons. The Labute approximate surface area is 229 Å². The summed E-state index contributed by atoms with van der Waals surface area (Å²) in [5, 5.41) is 10.3. The standard InChI is InChI=1S/C33H47NO4/c1-6-34(7-2)16-17-38-29-11-8-22(19-30(29)37-5)18-23-20-28-26-10-9-24-21-25(35)12-14-32(24,3)27(26)13-15-33(28,4)31(23)36/h8-9,11,18-19,25-28,35H,6-7,10,12-17,20-21H2,1-5H3/b23-18+/t25-,26?,27?,28?,32-,33-/m0/s1. The average Bonchev–Trinajstić information content (AvgIpc) is 3.17. The Balaban J connectivity index is 1.34. The Morgan fingerprint density at radius 3 is 2.55 bits per heavy atom. The molecule has 0 spiro atoms. The number of benzene rings is 1. The van der Waals surface area contributed by atoms with Crippen LogP contribution in [0.3, 0.4) is 0 Å². The maximum Gasteiger partial charge on any atom is 0.165 e. The highest BCUT2D eigenvalue weighted by Crippen LogP contribution is 2.64. The first-order valence-electron chi connectivity index (χ1n) is 14.9. The molecule has 0 aliphatic heterocycles. The Kier molecular flexibility index (Phi) is 7.81. The summed E-state index contributed by atoms with van der Waals surface area (Å²) in [4.78, 5) is 16.2. The van der Waals surface area contributed by atoms with Crippen molar-refractivity contribution >= 4 is 11.9 Å². The van der Waals surface area contributed by atoms with Crippen molar-refractivity contribution < 1.29 is 19.4 Å². The number of hydrogen-bond acceptors (Lipinski definition) is 5. The van der Waals surface area contributed by atoms with E-state index in [0.29, 0.717) is 35.9 Å². The Morgan fingerprint density at radius 1 is 1.05 bits per heavy atom. The van der Waals surface area contributed by atoms with Gasteiger partial charge in [0, 0.05) is 12.0 Å². The van der Waals surface area contributed by atoms with Crippen LogP contribution in [-0.2, 0) is 4.79 Å². The summed E-state index contributed by atoms with van der Waals surface area (Å²) in [6, 6.07) is 6.03. The number of ether oxygens (including phenoxy) is 2. The van der Waals surface area contributed by atoms with Crippen LogP contribution in [0, 0.1) is 28.6 Å². The molecule has 4 aliphatic carbocycles. The first kappa shape index (κ1) is 27.5. The van der Waals surface area contributed by atoms with E-state index in [1.54, 1.807) is 7.11 Å². The predicted molar refractivity (Wildman–Crippen MR) is 152 cm³/mol. The fourth-order valence-electron chi connectivity index (χ4n) is 8.36. The van der Waals surface area contributed by atoms with Crippen molar-refractivity contribution in [3.05, 3.63) is 41.0 Å². The molecule has 1 aromatic carbocycles. The van der Waals surface area contributed by atoms with Crippen molar-refractivity contribution in [1.82, 2.24) is 4.90 Å². The number of carbonyl (C=O) groups is 1. The number of aliphatic hydroxyl groups excluding tert-OH is 1. The fraction of sp³-hybridized carbons (Fsp3) is 0.667. The topological polar surface area (TPSA) is 59.0 Å². The van der Waals surface area contributed by atoms with E-state index in [4.69, 9.17) is 9.47 Å². The predicted octanol–water partition coefficient (Wildman–Crippen LogP) is 6.30. The van der Waals surface area contributed by atoms with Crippen LogP contribution in [0.5, 0.6) is 11.5 Å². The second kappa shape index (κ2) is 10.8. The smallest absolute Gasteiger partial charge is 0.165 e. The van der Waals surface area contributed by atoms with Crippen LogP contribution >= 0.6 is 0 Å². The lowest BCUT2D eigenvalue weighted by molar-refractivity contribution is -0.130. The molecule has 1 N–H and O–H groups in total. The number of hydrogen-bond donors (Lipinski definition) is 1. The van der Waals surface area contributed by atoms with Crippen LogP contribution in [0.15, 0.2) is 35.4 Å². The lowest BCUT2D eigenvalue weighted by Gasteiger charge is -2.56. The Bertz CT molecular complexity index is 1100. The summed E-state index contributed by atoms with van der Waals surface area (Å²) >= 11 is 0. The summed E-state index contributed by atoms with van der Waals surface area (Å²) in [6.07, 6.45) is 11.2. The largest absolute Gasteiger partial charge is 0.493 e. The van der Waals surface area contributed by atoms with Crippen LogP contribution in [0.1, 0.15) is 78.2 Å². The van der Waals surface area contributed by atoms with E-state index >= 15 is 0 Å². The summed E-state index contributed by atoms with van der Waals surface area (Å²) < 4.78 is 11.7. The number of ketones is 1. The van der Waals surface area contributed by atoms with Crippen molar-refractivity contribution in [3.63, 3.8) is 0 Å². The number of aliphatic hydroxyl groups is 1. The highest BCUT2D eigenvalue weighted by molar-refractivity contribution is 6.06. The lowest BCUT2D eigenvalue weighted by atomic mass is 9.48. The van der Waals surface area contributed by atoms with E-state index in [9.17, 15) is 9.90 Å². The van der Waals surface area contributed by atoms with Gasteiger partial charge < -0.3 is 19.5 Å². The van der Waals surface area contributed by atoms with Crippen molar-refractivity contribution in [2.75, 3.05) is 33.4 Å². The van der Waals surface area contributed by atoms with Gasteiger partial charge in [-0.15, -0.1) is 0 Å². The monoisotopic (exact) mass is 521 g/mol. The van der Waals surface area contributed by atoms with Gasteiger partial charge in [0.05, 0.1) is 13.2 Å². The lowest BCUT2D eigenvalue weighted by Crippen LogP contribution is -2.50. The van der Waals surface area contributed by atoms with Crippen molar-refractivity contribution in [3.8, 4) is 11.5 Å². The summed E-state index contributed by atoms with van der Waals surface area (Å²) in [5.41, 5.74) is 3.37. The number of fused-ring (bicyclic) bond motifs is 5. The fourth-order valence-corrected chi connectivity index (χ4v) is 8.36. The zero-order valence-corrected chi connectivity index (χ0v) is 24.1. The first-order valence-corrected chi connectivity index (χ1v) is 14.9. The van der Waals surface area contributed by atoms with E-state index in [-0.39, 0.29) is 16.9 Å². The summed E-state index contributed by atoms with van der Waals surface area (Å²) in [5.74, 6) is 3.37. The maximum absolute atomic E-state index is 13.9. The van der Waals surface area contributed by atoms with Gasteiger partial charge in [0.25, 0.3) is 0 Å². The molecule has 0 bridgehead atoms. The minimum atomic E-state index is -0.263. The van der Waals surface area contributed by atoms with Crippen molar-refractivity contribution in [1.29, 1.82) is 0 Å². The first-order chi connectivity index (χ1) is 18.2. The van der Waals surface area contributed by atoms with E-state index in [2.05, 4.69) is 44.7 Å². The minimum absolute atomic E-state index is 0.182. The molecule has 1 aromatic rings. The molecule has 4 aliphatic rings. The normalized spacial score (nSPS) is 35.5. The summed E-state index contributed by atoms with van der Waals surface area (Å²) in [7, 11) is 1.68. The number of carbonyl (C=O) groups excluding carboxylic acids is 1. The Hall–Kier alpha value is -2.11. The molecule has 0 radical (unpaired) electrons. The van der Waals surface area contributed by atoms with Crippen LogP contribution in [-0.4, -0.2) is 55.2 Å². The molecule has 6 atom stereocenters. The van der Waals surface area contributed by atoms with Gasteiger partial charge in [0.1, 0.15) is 6.61 Å². The number of methoxy groups -OCH3 is 1. The van der Waals surface area contributed by atoms with Gasteiger partial charge >= 0.3 is 0 Å². The minimum Gasteiger partial charge on any atom is -0.493 e. The summed E-state index contributed by atoms with van der Waals surface area (Å²) in [6.45, 7) is 12.5. The van der Waals surface area contributed by atoms with Gasteiger partial charge in [0.2, 0.25) is 0 Å². The highest BCUT2D eigenvalue weighted by Gasteiger charge is 2.59. The van der Waals surface area contributed by atoms with Crippen molar-refractivity contribution in [2.24, 2.45) is 28.6 Å². The second-order valence-electron chi connectivity index (χ2n) is 12.6. The molecule has 5 nitrogen and oxygen atoms in total. The SMILES string of the molecule is CCN(CC)CCOc1ccc(/C=C2\CC3C4CC=C5C[C@@H](O)CC[C@]5(C)C4CC[C@]3(C)C2=O)cc1OC. The molecule has 5 rings (SSSR count). The van der Waals surface area contributed by atoms with Gasteiger partial charge in [0.15, 0.2) is 17.3 Å². The van der Waals surface area contributed by atoms with E-state index < -0.39 is 0 Å². The third kappa shape index (κ3) is 4.75. The third-order valence-electron chi connectivity index (χ3n) is 10.8. The average molecular weight is 522 g/mol. The highest BCUT2D eigenvalue weighted by atomic mass is 16.5. The van der Waals surface area contributed by atoms with Crippen LogP contribution in [0.2, 0.25) is 0 Å². The van der Waals surface area contributed by atoms with E-state index in [1.807, 2.05) is 18.2 Å². The van der Waals surface area contributed by atoms with Gasteiger partial charge in [-0.25, -0.2) is 0 Å². The molecule has 0 saturated heterocycles. The van der Waals surface area contributed by atoms with E-state index in [1.165, 1.54) is 5.57 Å². The molecular weight excluding hydrogens is 474 g/mol. The zero-order chi connectivity index (χ0) is 27.1. The molecule has 3 saturated carbocycles. The molecule has 38 heavy (non-hydrogen) atoms. The number of rotatable bonds is 8. The Morgan fingerprint density at radius 2 is 1.82 bits per heavy atom. The maximum atomic E-state index is 13.9. The molecule has 0 aromatic heterocycles. The third-order valence-corrected chi connectivity index (χ3v) is 10.8. The number of Topliss-reactive ketones (excluding diaryl/α,β-unsaturated/α-hetero) is 1. The van der Waals surface area contributed by atoms with Gasteiger partial charge in [-0.1, -0.05) is 45.4 Å². The number of allylic oxidation sites excluding steroid dienone is 2. The molecule has 5 heteroatoms. The molecule has 0 heterocycles. The number of likely N-dealkylation sites (N-methyl/N-ethyl adjacent to an activating group) is 1. The van der Waals surface area contributed by atoms with Crippen molar-refractivity contribution in [2.45, 2.75) is 78.7 Å². The van der Waals surface area contributed by atoms with E-state index in [0.717, 1.165) is 81.5 Å². The van der Waals surface area contributed by atoms with Gasteiger partial charge in [-0.2, -0.15) is 0 Å². The quantitative estimate of drug-likeness (QED) is 0.321. The van der Waals surface area contributed by atoms with Crippen LogP contribution in [0.4, 0.5) is 0 Å². The molecule has 3 unspecified atom stereocenters.